The minimum atomic E-state index is -0.0356. The summed E-state index contributed by atoms with van der Waals surface area (Å²) in [5, 5.41) is 7.07. The zero-order valence-electron chi connectivity index (χ0n) is 13.6. The summed E-state index contributed by atoms with van der Waals surface area (Å²) in [6.07, 6.45) is 3.43. The van der Waals surface area contributed by atoms with Gasteiger partial charge in [0.15, 0.2) is 0 Å². The van der Waals surface area contributed by atoms with Crippen LogP contribution < -0.4 is 5.32 Å². The second-order valence-corrected chi connectivity index (χ2v) is 6.50. The van der Waals surface area contributed by atoms with Crippen LogP contribution in [0, 0.1) is 0 Å². The Kier molecular flexibility index (Phi) is 4.32. The van der Waals surface area contributed by atoms with Crippen LogP contribution >= 0.6 is 0 Å². The highest BCUT2D eigenvalue weighted by molar-refractivity contribution is 5.96. The average Bonchev–Trinajstić information content (AvgIpc) is 3.04. The molecule has 1 N–H and O–H groups in total. The molecule has 1 aromatic heterocycles. The first kappa shape index (κ1) is 15.4. The number of benzene rings is 1. The zero-order chi connectivity index (χ0) is 16.4. The van der Waals surface area contributed by atoms with E-state index < -0.39 is 0 Å². The molecule has 6 nitrogen and oxygen atoms in total. The first-order valence-electron chi connectivity index (χ1n) is 8.54. The monoisotopic (exact) mass is 326 g/mol. The highest BCUT2D eigenvalue weighted by Gasteiger charge is 2.31. The van der Waals surface area contributed by atoms with E-state index in [9.17, 15) is 4.79 Å². The summed E-state index contributed by atoms with van der Waals surface area (Å²) in [4.78, 5) is 17.3. The quantitative estimate of drug-likeness (QED) is 0.931. The Hall–Kier alpha value is -2.18. The summed E-state index contributed by atoms with van der Waals surface area (Å²) in [5.74, 6) is 0.130. The summed E-state index contributed by atoms with van der Waals surface area (Å²) in [6.45, 7) is 4.53. The molecule has 2 aliphatic rings. The van der Waals surface area contributed by atoms with Crippen molar-refractivity contribution in [1.82, 2.24) is 15.0 Å². The third-order valence-electron chi connectivity index (χ3n) is 4.99. The fourth-order valence-corrected chi connectivity index (χ4v) is 3.63. The number of carbonyl (C=O) groups is 1. The van der Waals surface area contributed by atoms with Crippen molar-refractivity contribution in [2.75, 3.05) is 31.5 Å². The van der Waals surface area contributed by atoms with Gasteiger partial charge in [0, 0.05) is 44.5 Å². The van der Waals surface area contributed by atoms with E-state index in [1.54, 1.807) is 6.26 Å². The van der Waals surface area contributed by atoms with Gasteiger partial charge in [-0.2, -0.15) is 0 Å². The lowest BCUT2D eigenvalue weighted by molar-refractivity contribution is -0.122. The maximum absolute atomic E-state index is 12.6. The molecule has 2 aromatic rings. The number of hydrogen-bond donors (Lipinski definition) is 1. The summed E-state index contributed by atoms with van der Waals surface area (Å²) in [6, 6.07) is 9.98. The molecule has 24 heavy (non-hydrogen) atoms. The maximum atomic E-state index is 12.6. The first-order valence-corrected chi connectivity index (χ1v) is 8.54. The fraction of sp³-hybridized carbons (Fsp3) is 0.444. The van der Waals surface area contributed by atoms with Gasteiger partial charge in [-0.3, -0.25) is 14.6 Å². The van der Waals surface area contributed by atoms with Gasteiger partial charge in [0.25, 0.3) is 0 Å². The zero-order valence-corrected chi connectivity index (χ0v) is 13.6. The number of anilines is 1. The number of rotatable bonds is 3. The van der Waals surface area contributed by atoms with Crippen molar-refractivity contribution in [1.29, 1.82) is 0 Å². The molecule has 1 aromatic carbocycles. The molecule has 6 heteroatoms. The van der Waals surface area contributed by atoms with Crippen molar-refractivity contribution in [2.24, 2.45) is 0 Å². The van der Waals surface area contributed by atoms with Crippen molar-refractivity contribution in [3.05, 3.63) is 47.9 Å². The Labute approximate surface area is 141 Å². The molecule has 4 rings (SSSR count). The van der Waals surface area contributed by atoms with Crippen LogP contribution in [0.5, 0.6) is 0 Å². The van der Waals surface area contributed by atoms with Crippen molar-refractivity contribution < 1.29 is 9.32 Å². The summed E-state index contributed by atoms with van der Waals surface area (Å²) in [5.41, 5.74) is 3.17. The van der Waals surface area contributed by atoms with Crippen molar-refractivity contribution in [2.45, 2.75) is 25.4 Å². The molecule has 1 amide bonds. The SMILES string of the molecule is O=C1Nc2ccccc2CC[C@@H]1N1CCN(Cc2ccon2)CC1. The third kappa shape index (κ3) is 3.20. The van der Waals surface area contributed by atoms with Crippen LogP contribution in [0.4, 0.5) is 5.69 Å². The summed E-state index contributed by atoms with van der Waals surface area (Å²) in [7, 11) is 0. The van der Waals surface area contributed by atoms with E-state index in [0.29, 0.717) is 0 Å². The molecular formula is C18H22N4O2. The van der Waals surface area contributed by atoms with Gasteiger partial charge in [-0.15, -0.1) is 0 Å². The van der Waals surface area contributed by atoms with Crippen LogP contribution in [0.15, 0.2) is 41.1 Å². The second kappa shape index (κ2) is 6.75. The van der Waals surface area contributed by atoms with Crippen LogP contribution in [0.3, 0.4) is 0 Å². The number of aromatic nitrogens is 1. The minimum Gasteiger partial charge on any atom is -0.364 e. The summed E-state index contributed by atoms with van der Waals surface area (Å²) >= 11 is 0. The first-order chi connectivity index (χ1) is 11.8. The third-order valence-corrected chi connectivity index (χ3v) is 4.99. The normalized spacial score (nSPS) is 22.7. The Morgan fingerprint density at radius 1 is 1.17 bits per heavy atom. The molecule has 126 valence electrons. The number of carbonyl (C=O) groups excluding carboxylic acids is 1. The Morgan fingerprint density at radius 3 is 2.79 bits per heavy atom. The van der Waals surface area contributed by atoms with Crippen molar-refractivity contribution in [3.63, 3.8) is 0 Å². The van der Waals surface area contributed by atoms with E-state index in [-0.39, 0.29) is 11.9 Å². The van der Waals surface area contributed by atoms with Gasteiger partial charge >= 0.3 is 0 Å². The molecule has 0 bridgehead atoms. The smallest absolute Gasteiger partial charge is 0.241 e. The predicted octanol–water partition coefficient (Wildman–Crippen LogP) is 1.75. The lowest BCUT2D eigenvalue weighted by Crippen LogP contribution is -2.53. The van der Waals surface area contributed by atoms with E-state index in [4.69, 9.17) is 4.52 Å². The van der Waals surface area contributed by atoms with Crippen LogP contribution in [-0.4, -0.2) is 53.1 Å². The van der Waals surface area contributed by atoms with Crippen LogP contribution in [-0.2, 0) is 17.8 Å². The topological polar surface area (TPSA) is 61.6 Å². The number of nitrogens with zero attached hydrogens (tertiary/aromatic N) is 3. The number of aryl methyl sites for hydroxylation is 1. The highest BCUT2D eigenvalue weighted by atomic mass is 16.5. The average molecular weight is 326 g/mol. The molecule has 3 heterocycles. The Morgan fingerprint density at radius 2 is 2.00 bits per heavy atom. The number of hydrogen-bond acceptors (Lipinski definition) is 5. The van der Waals surface area contributed by atoms with Crippen LogP contribution in [0.25, 0.3) is 0 Å². The van der Waals surface area contributed by atoms with Gasteiger partial charge in [0.2, 0.25) is 5.91 Å². The second-order valence-electron chi connectivity index (χ2n) is 6.50. The lowest BCUT2D eigenvalue weighted by Gasteiger charge is -2.37. The van der Waals surface area contributed by atoms with E-state index >= 15 is 0 Å². The predicted molar refractivity (Wildman–Crippen MR) is 90.5 cm³/mol. The standard InChI is InChI=1S/C18H22N4O2/c23-18-17(6-5-14-3-1-2-4-16(14)19-18)22-10-8-21(9-11-22)13-15-7-12-24-20-15/h1-4,7,12,17H,5-6,8-11,13H2,(H,19,23)/t17-/m0/s1. The molecule has 0 unspecified atom stereocenters. The van der Waals surface area contributed by atoms with Gasteiger partial charge < -0.3 is 9.84 Å². The largest absolute Gasteiger partial charge is 0.364 e. The van der Waals surface area contributed by atoms with E-state index in [1.807, 2.05) is 24.3 Å². The molecule has 2 aliphatic heterocycles. The highest BCUT2D eigenvalue weighted by Crippen LogP contribution is 2.24. The van der Waals surface area contributed by atoms with Crippen molar-refractivity contribution >= 4 is 11.6 Å². The number of nitrogens with one attached hydrogen (secondary N) is 1. The van der Waals surface area contributed by atoms with Crippen molar-refractivity contribution in [3.8, 4) is 0 Å². The number of amides is 1. The molecule has 1 atom stereocenters. The fourth-order valence-electron chi connectivity index (χ4n) is 3.63. The van der Waals surface area contributed by atoms with E-state index in [2.05, 4.69) is 26.3 Å². The van der Waals surface area contributed by atoms with Crippen LogP contribution in [0.1, 0.15) is 17.7 Å². The van der Waals surface area contributed by atoms with E-state index in [1.165, 1.54) is 5.56 Å². The Balaban J connectivity index is 1.36. The number of fused-ring (bicyclic) bond motifs is 1. The minimum absolute atomic E-state index is 0.0356. The van der Waals surface area contributed by atoms with Gasteiger partial charge in [0.05, 0.1) is 11.7 Å². The number of para-hydroxylation sites is 1. The lowest BCUT2D eigenvalue weighted by atomic mass is 10.0. The Bertz CT molecular complexity index is 693. The van der Waals surface area contributed by atoms with E-state index in [0.717, 1.165) is 56.9 Å². The molecule has 0 aliphatic carbocycles. The molecule has 1 fully saturated rings. The maximum Gasteiger partial charge on any atom is 0.241 e. The number of piperazine rings is 1. The van der Waals surface area contributed by atoms with Crippen LogP contribution in [0.2, 0.25) is 0 Å². The van der Waals surface area contributed by atoms with Gasteiger partial charge in [-0.1, -0.05) is 23.4 Å². The summed E-state index contributed by atoms with van der Waals surface area (Å²) < 4.78 is 4.89. The molecule has 0 saturated carbocycles. The van der Waals surface area contributed by atoms with Gasteiger partial charge in [0.1, 0.15) is 6.26 Å². The molecular weight excluding hydrogens is 304 g/mol. The van der Waals surface area contributed by atoms with Gasteiger partial charge in [-0.25, -0.2) is 0 Å². The molecule has 1 saturated heterocycles. The molecule has 0 radical (unpaired) electrons. The molecule has 0 spiro atoms. The van der Waals surface area contributed by atoms with Gasteiger partial charge in [-0.05, 0) is 24.5 Å².